The third kappa shape index (κ3) is 2.95. The van der Waals surface area contributed by atoms with Gasteiger partial charge in [-0.1, -0.05) is 0 Å². The number of hydrogen-bond donors (Lipinski definition) is 0. The maximum atomic E-state index is 11.3. The molecule has 2 atom stereocenters. The van der Waals surface area contributed by atoms with Crippen LogP contribution in [0.2, 0.25) is 0 Å². The summed E-state index contributed by atoms with van der Waals surface area (Å²) >= 11 is 0. The Morgan fingerprint density at radius 1 is 1.05 bits per heavy atom. The average molecular weight is 264 g/mol. The topological polar surface area (TPSA) is 26.8 Å². The maximum absolute atomic E-state index is 11.3. The van der Waals surface area contributed by atoms with Gasteiger partial charge in [0, 0.05) is 58.3 Å². The Morgan fingerprint density at radius 3 is 2.26 bits per heavy atom. The second-order valence-electron chi connectivity index (χ2n) is 6.23. The Hall–Kier alpha value is -0.610. The van der Waals surface area contributed by atoms with E-state index >= 15 is 0 Å². The van der Waals surface area contributed by atoms with Gasteiger partial charge in [0.2, 0.25) is 5.91 Å². The average Bonchev–Trinajstić information content (AvgIpc) is 2.65. The van der Waals surface area contributed by atoms with E-state index in [0.717, 1.165) is 38.3 Å². The molecule has 2 bridgehead atoms. The highest BCUT2D eigenvalue weighted by Gasteiger charge is 2.36. The highest BCUT2D eigenvalue weighted by Crippen LogP contribution is 2.34. The molecule has 1 radical (unpaired) electrons. The number of amides is 1. The van der Waals surface area contributed by atoms with Gasteiger partial charge in [0.1, 0.15) is 0 Å². The third-order valence-electron chi connectivity index (χ3n) is 5.14. The lowest BCUT2D eigenvalue weighted by Crippen LogP contribution is -2.51. The van der Waals surface area contributed by atoms with Gasteiger partial charge in [0.05, 0.1) is 0 Å². The lowest BCUT2D eigenvalue weighted by molar-refractivity contribution is -0.130. The molecule has 0 aromatic rings. The monoisotopic (exact) mass is 264 g/mol. The number of piperidine rings is 1. The zero-order chi connectivity index (χ0) is 13.2. The number of carbonyl (C=O) groups is 1. The minimum atomic E-state index is 0.226. The van der Waals surface area contributed by atoms with Crippen molar-refractivity contribution in [2.45, 2.75) is 44.7 Å². The summed E-state index contributed by atoms with van der Waals surface area (Å²) in [5.41, 5.74) is 0. The fourth-order valence-corrected chi connectivity index (χ4v) is 3.91. The van der Waals surface area contributed by atoms with Crippen molar-refractivity contribution in [2.75, 3.05) is 39.3 Å². The van der Waals surface area contributed by atoms with Gasteiger partial charge in [0.25, 0.3) is 0 Å². The fourth-order valence-electron chi connectivity index (χ4n) is 3.91. The molecule has 0 spiro atoms. The van der Waals surface area contributed by atoms with Crippen LogP contribution in [0.5, 0.6) is 0 Å². The first-order valence-corrected chi connectivity index (χ1v) is 7.79. The molecule has 0 aromatic heterocycles. The summed E-state index contributed by atoms with van der Waals surface area (Å²) in [4.78, 5) is 18.5. The summed E-state index contributed by atoms with van der Waals surface area (Å²) < 4.78 is 0. The highest BCUT2D eigenvalue weighted by molar-refractivity contribution is 5.73. The van der Waals surface area contributed by atoms with Crippen LogP contribution in [0.4, 0.5) is 0 Å². The first kappa shape index (κ1) is 13.4. The second kappa shape index (κ2) is 5.80. The number of carbonyl (C=O) groups excluding carboxylic acids is 1. The normalized spacial score (nSPS) is 32.8. The largest absolute Gasteiger partial charge is 0.340 e. The lowest BCUT2D eigenvalue weighted by Gasteiger charge is -2.38. The molecular formula is C15H26N3O. The van der Waals surface area contributed by atoms with Gasteiger partial charge in [-0.3, -0.25) is 14.6 Å². The van der Waals surface area contributed by atoms with Crippen LogP contribution >= 0.6 is 0 Å². The molecule has 0 aliphatic carbocycles. The first-order valence-electron chi connectivity index (χ1n) is 7.79. The van der Waals surface area contributed by atoms with Crippen molar-refractivity contribution < 1.29 is 4.79 Å². The van der Waals surface area contributed by atoms with Crippen LogP contribution in [-0.4, -0.2) is 72.0 Å². The van der Waals surface area contributed by atoms with Crippen molar-refractivity contribution in [3.63, 3.8) is 0 Å². The summed E-state index contributed by atoms with van der Waals surface area (Å²) in [6, 6.07) is 1.66. The van der Waals surface area contributed by atoms with Crippen LogP contribution in [0.1, 0.15) is 32.6 Å². The van der Waals surface area contributed by atoms with Crippen LogP contribution < -0.4 is 0 Å². The molecule has 107 valence electrons. The van der Waals surface area contributed by atoms with Crippen LogP contribution in [0.15, 0.2) is 0 Å². The van der Waals surface area contributed by atoms with E-state index in [1.54, 1.807) is 6.92 Å². The smallest absolute Gasteiger partial charge is 0.219 e. The lowest BCUT2D eigenvalue weighted by atomic mass is 10.0. The highest BCUT2D eigenvalue weighted by atomic mass is 16.2. The van der Waals surface area contributed by atoms with Crippen molar-refractivity contribution in [3.05, 3.63) is 6.42 Å². The minimum absolute atomic E-state index is 0.226. The Morgan fingerprint density at radius 2 is 1.68 bits per heavy atom. The molecule has 3 saturated heterocycles. The van der Waals surface area contributed by atoms with Crippen molar-refractivity contribution >= 4 is 5.91 Å². The van der Waals surface area contributed by atoms with Gasteiger partial charge in [-0.05, 0) is 32.1 Å². The van der Waals surface area contributed by atoms with Gasteiger partial charge >= 0.3 is 0 Å². The summed E-state index contributed by atoms with van der Waals surface area (Å²) in [5, 5.41) is 0. The van der Waals surface area contributed by atoms with Gasteiger partial charge < -0.3 is 4.90 Å². The quantitative estimate of drug-likeness (QED) is 0.760. The van der Waals surface area contributed by atoms with Gasteiger partial charge in [-0.25, -0.2) is 0 Å². The zero-order valence-electron chi connectivity index (χ0n) is 12.1. The molecule has 19 heavy (non-hydrogen) atoms. The van der Waals surface area contributed by atoms with Crippen LogP contribution in [-0.2, 0) is 4.79 Å². The van der Waals surface area contributed by atoms with E-state index in [1.807, 2.05) is 4.90 Å². The number of rotatable bonds is 3. The number of fused-ring (bicyclic) bond motifs is 2. The molecule has 0 unspecified atom stereocenters. The van der Waals surface area contributed by atoms with Gasteiger partial charge in [-0.15, -0.1) is 0 Å². The van der Waals surface area contributed by atoms with Crippen LogP contribution in [0, 0.1) is 6.42 Å². The second-order valence-corrected chi connectivity index (χ2v) is 6.23. The van der Waals surface area contributed by atoms with E-state index < -0.39 is 0 Å². The van der Waals surface area contributed by atoms with Gasteiger partial charge in [0.15, 0.2) is 0 Å². The molecule has 0 saturated carbocycles. The van der Waals surface area contributed by atoms with E-state index in [4.69, 9.17) is 0 Å². The molecule has 1 amide bonds. The number of hydrogen-bond acceptors (Lipinski definition) is 3. The molecule has 3 fully saturated rings. The van der Waals surface area contributed by atoms with Crippen molar-refractivity contribution in [2.24, 2.45) is 0 Å². The Balaban J connectivity index is 1.42. The number of piperazine rings is 1. The minimum Gasteiger partial charge on any atom is -0.340 e. The molecule has 4 nitrogen and oxygen atoms in total. The predicted molar refractivity (Wildman–Crippen MR) is 75.7 cm³/mol. The number of nitrogens with zero attached hydrogens (tertiary/aromatic N) is 3. The molecule has 3 heterocycles. The molecule has 0 aromatic carbocycles. The molecule has 3 rings (SSSR count). The third-order valence-corrected chi connectivity index (χ3v) is 5.14. The zero-order valence-corrected chi connectivity index (χ0v) is 12.1. The summed E-state index contributed by atoms with van der Waals surface area (Å²) in [6.07, 6.45) is 7.90. The summed E-state index contributed by atoms with van der Waals surface area (Å²) in [7, 11) is 0. The van der Waals surface area contributed by atoms with Crippen LogP contribution in [0.25, 0.3) is 0 Å². The molecular weight excluding hydrogens is 238 g/mol. The fraction of sp³-hybridized carbons (Fsp3) is 0.867. The van der Waals surface area contributed by atoms with Crippen molar-refractivity contribution in [3.8, 4) is 0 Å². The maximum Gasteiger partial charge on any atom is 0.219 e. The first-order chi connectivity index (χ1) is 9.24. The summed E-state index contributed by atoms with van der Waals surface area (Å²) in [6.45, 7) is 8.01. The van der Waals surface area contributed by atoms with Crippen LogP contribution in [0.3, 0.4) is 0 Å². The molecule has 3 aliphatic heterocycles. The van der Waals surface area contributed by atoms with E-state index in [2.05, 4.69) is 16.2 Å². The summed E-state index contributed by atoms with van der Waals surface area (Å²) in [5.74, 6) is 0.226. The molecule has 3 aliphatic rings. The van der Waals surface area contributed by atoms with E-state index in [-0.39, 0.29) is 5.91 Å². The van der Waals surface area contributed by atoms with E-state index in [9.17, 15) is 4.79 Å². The SMILES string of the molecule is CC(=O)N1CCN(CCN2[C@@H]3C[CH]C[C@@H]2CC3)CC1. The standard InChI is InChI=1S/C15H26N3O/c1-13(19)17-10-7-16(8-11-17)9-12-18-14-3-2-4-15(18)6-5-14/h2,14-15H,3-12H2,1H3/t14-,15-/m1/s1. The van der Waals surface area contributed by atoms with E-state index in [1.165, 1.54) is 38.8 Å². The van der Waals surface area contributed by atoms with E-state index in [0.29, 0.717) is 0 Å². The molecule has 4 heteroatoms. The Bertz CT molecular complexity index is 309. The Labute approximate surface area is 116 Å². The van der Waals surface area contributed by atoms with Crippen molar-refractivity contribution in [1.82, 2.24) is 14.7 Å². The van der Waals surface area contributed by atoms with Gasteiger partial charge in [-0.2, -0.15) is 0 Å². The van der Waals surface area contributed by atoms with Crippen molar-refractivity contribution in [1.29, 1.82) is 0 Å². The Kier molecular flexibility index (Phi) is 4.08. The molecule has 0 N–H and O–H groups in total. The predicted octanol–water partition coefficient (Wildman–Crippen LogP) is 0.982.